The van der Waals surface area contributed by atoms with Gasteiger partial charge >= 0.3 is 0 Å². The maximum absolute atomic E-state index is 12.8. The van der Waals surface area contributed by atoms with Crippen LogP contribution in [-0.2, 0) is 13.5 Å². The molecule has 5 nitrogen and oxygen atoms in total. The maximum Gasteiger partial charge on any atom is 0.267 e. The van der Waals surface area contributed by atoms with E-state index >= 15 is 0 Å². The fraction of sp³-hybridized carbons (Fsp3) is 0.190. The molecule has 28 heavy (non-hydrogen) atoms. The first kappa shape index (κ1) is 18.6. The van der Waals surface area contributed by atoms with Crippen LogP contribution in [-0.4, -0.2) is 20.4 Å². The van der Waals surface area contributed by atoms with Crippen molar-refractivity contribution in [3.63, 3.8) is 0 Å². The monoisotopic (exact) mass is 408 g/mol. The molecule has 1 N–H and O–H groups in total. The predicted molar refractivity (Wildman–Crippen MR) is 116 cm³/mol. The molecule has 7 heteroatoms. The topological polar surface area (TPSA) is 59.8 Å². The molecule has 3 aromatic heterocycles. The number of nitrogens with zero attached hydrogens (tertiary/aromatic N) is 3. The number of hydrogen-bond acceptors (Lipinski definition) is 5. The van der Waals surface area contributed by atoms with E-state index in [9.17, 15) is 4.79 Å². The van der Waals surface area contributed by atoms with Gasteiger partial charge < -0.3 is 4.57 Å². The van der Waals surface area contributed by atoms with Crippen LogP contribution < -0.4 is 5.32 Å². The lowest BCUT2D eigenvalue weighted by Crippen LogP contribution is -2.09. The zero-order valence-corrected chi connectivity index (χ0v) is 17.5. The number of aromatic nitrogens is 3. The molecular formula is C21H20N4OS2. The van der Waals surface area contributed by atoms with Gasteiger partial charge in [-0.15, -0.1) is 11.3 Å². The number of imidazole rings is 1. The number of anilines is 1. The molecule has 4 aromatic rings. The smallest absolute Gasteiger partial charge is 0.267 e. The van der Waals surface area contributed by atoms with E-state index in [2.05, 4.69) is 24.1 Å². The minimum Gasteiger partial charge on any atom is -0.333 e. The molecule has 0 bridgehead atoms. The molecule has 0 aliphatic heterocycles. The molecule has 0 aliphatic carbocycles. The Hall–Kier alpha value is -2.77. The molecule has 0 spiro atoms. The second-order valence-corrected chi connectivity index (χ2v) is 8.68. The lowest BCUT2D eigenvalue weighted by Gasteiger charge is -2.02. The van der Waals surface area contributed by atoms with Crippen molar-refractivity contribution in [2.24, 2.45) is 7.05 Å². The van der Waals surface area contributed by atoms with E-state index in [1.165, 1.54) is 33.1 Å². The first-order valence-electron chi connectivity index (χ1n) is 9.01. The van der Waals surface area contributed by atoms with Crippen molar-refractivity contribution < 1.29 is 4.79 Å². The first-order valence-corrected chi connectivity index (χ1v) is 10.6. The average Bonchev–Trinajstić information content (AvgIpc) is 3.40. The minimum absolute atomic E-state index is 0.118. The zero-order valence-electron chi connectivity index (χ0n) is 15.9. The third kappa shape index (κ3) is 3.50. The molecule has 0 unspecified atom stereocenters. The summed E-state index contributed by atoms with van der Waals surface area (Å²) in [7, 11) is 1.95. The largest absolute Gasteiger partial charge is 0.333 e. The van der Waals surface area contributed by atoms with Crippen molar-refractivity contribution in [1.29, 1.82) is 0 Å². The molecule has 0 saturated carbocycles. The molecular weight excluding hydrogens is 388 g/mol. The van der Waals surface area contributed by atoms with Crippen LogP contribution in [0.1, 0.15) is 27.0 Å². The summed E-state index contributed by atoms with van der Waals surface area (Å²) >= 11 is 2.97. The molecule has 0 atom stereocenters. The highest BCUT2D eigenvalue weighted by Crippen LogP contribution is 2.38. The number of rotatable bonds is 5. The van der Waals surface area contributed by atoms with Crippen LogP contribution in [0, 0.1) is 6.92 Å². The van der Waals surface area contributed by atoms with Gasteiger partial charge in [0.15, 0.2) is 11.0 Å². The van der Waals surface area contributed by atoms with Crippen molar-refractivity contribution in [1.82, 2.24) is 14.5 Å². The van der Waals surface area contributed by atoms with E-state index in [0.717, 1.165) is 28.4 Å². The summed E-state index contributed by atoms with van der Waals surface area (Å²) in [4.78, 5) is 24.8. The Bertz CT molecular complexity index is 1120. The van der Waals surface area contributed by atoms with Gasteiger partial charge in [-0.3, -0.25) is 10.1 Å². The molecule has 1 amide bonds. The van der Waals surface area contributed by atoms with Crippen LogP contribution in [0.5, 0.6) is 0 Å². The lowest BCUT2D eigenvalue weighted by atomic mass is 10.1. The van der Waals surface area contributed by atoms with E-state index in [1.54, 1.807) is 6.20 Å². The van der Waals surface area contributed by atoms with Gasteiger partial charge in [0.2, 0.25) is 0 Å². The Morgan fingerprint density at radius 3 is 2.64 bits per heavy atom. The number of amides is 1. The van der Waals surface area contributed by atoms with Gasteiger partial charge in [0.05, 0.1) is 15.4 Å². The van der Waals surface area contributed by atoms with Crippen LogP contribution in [0.25, 0.3) is 22.0 Å². The molecule has 3 heterocycles. The van der Waals surface area contributed by atoms with Crippen molar-refractivity contribution in [3.05, 3.63) is 64.1 Å². The van der Waals surface area contributed by atoms with Gasteiger partial charge in [0.1, 0.15) is 0 Å². The van der Waals surface area contributed by atoms with Crippen LogP contribution in [0.15, 0.2) is 48.8 Å². The van der Waals surface area contributed by atoms with Crippen LogP contribution in [0.4, 0.5) is 5.13 Å². The maximum atomic E-state index is 12.8. The van der Waals surface area contributed by atoms with E-state index in [-0.39, 0.29) is 5.91 Å². The number of carbonyl (C=O) groups excluding carboxylic acids is 1. The molecule has 4 rings (SSSR count). The number of hydrogen-bond donors (Lipinski definition) is 1. The van der Waals surface area contributed by atoms with Gasteiger partial charge in [-0.05, 0) is 25.0 Å². The summed E-state index contributed by atoms with van der Waals surface area (Å²) in [5.74, 6) is 0.713. The van der Waals surface area contributed by atoms with Gasteiger partial charge in [0, 0.05) is 29.9 Å². The standard InChI is InChI=1S/C21H20N4OS2/c1-4-14-12-16(27-13(14)2)20(26)24-21-23-17(15-8-6-5-7-9-15)18(28-21)19-22-10-11-25(19)3/h5-12H,4H2,1-3H3,(H,23,24,26). The van der Waals surface area contributed by atoms with Crippen LogP contribution in [0.2, 0.25) is 0 Å². The Morgan fingerprint density at radius 2 is 2.00 bits per heavy atom. The number of thiophene rings is 1. The normalized spacial score (nSPS) is 11.0. The Labute approximate surface area is 171 Å². The van der Waals surface area contributed by atoms with Crippen LogP contribution >= 0.6 is 22.7 Å². The molecule has 142 valence electrons. The molecule has 0 aliphatic rings. The van der Waals surface area contributed by atoms with E-state index in [0.29, 0.717) is 10.0 Å². The molecule has 0 saturated heterocycles. The van der Waals surface area contributed by atoms with Crippen molar-refractivity contribution in [2.75, 3.05) is 5.32 Å². The van der Waals surface area contributed by atoms with Crippen molar-refractivity contribution in [2.45, 2.75) is 20.3 Å². The summed E-state index contributed by atoms with van der Waals surface area (Å²) in [6.07, 6.45) is 4.60. The summed E-state index contributed by atoms with van der Waals surface area (Å²) in [6, 6.07) is 11.9. The van der Waals surface area contributed by atoms with Crippen LogP contribution in [0.3, 0.4) is 0 Å². The third-order valence-electron chi connectivity index (χ3n) is 4.54. The average molecular weight is 409 g/mol. The number of carbonyl (C=O) groups is 1. The predicted octanol–water partition coefficient (Wildman–Crippen LogP) is 5.40. The fourth-order valence-electron chi connectivity index (χ4n) is 3.04. The lowest BCUT2D eigenvalue weighted by molar-refractivity contribution is 0.103. The molecule has 0 radical (unpaired) electrons. The molecule has 1 aromatic carbocycles. The fourth-order valence-corrected chi connectivity index (χ4v) is 5.07. The van der Waals surface area contributed by atoms with Gasteiger partial charge in [-0.25, -0.2) is 9.97 Å². The van der Waals surface area contributed by atoms with Crippen molar-refractivity contribution >= 4 is 33.7 Å². The Kier molecular flexibility index (Phi) is 5.11. The molecule has 0 fully saturated rings. The Balaban J connectivity index is 1.71. The summed E-state index contributed by atoms with van der Waals surface area (Å²) in [5.41, 5.74) is 3.04. The third-order valence-corrected chi connectivity index (χ3v) is 6.60. The van der Waals surface area contributed by atoms with Gasteiger partial charge in [-0.1, -0.05) is 48.6 Å². The number of benzene rings is 1. The minimum atomic E-state index is -0.118. The highest BCUT2D eigenvalue weighted by Gasteiger charge is 2.20. The first-order chi connectivity index (χ1) is 13.6. The highest BCUT2D eigenvalue weighted by molar-refractivity contribution is 7.19. The second kappa shape index (κ2) is 7.69. The highest BCUT2D eigenvalue weighted by atomic mass is 32.1. The summed E-state index contributed by atoms with van der Waals surface area (Å²) in [5, 5.41) is 3.55. The second-order valence-electron chi connectivity index (χ2n) is 6.42. The quantitative estimate of drug-likeness (QED) is 0.481. The number of thiazole rings is 1. The van der Waals surface area contributed by atoms with E-state index in [4.69, 9.17) is 4.98 Å². The van der Waals surface area contributed by atoms with Crippen molar-refractivity contribution in [3.8, 4) is 22.0 Å². The zero-order chi connectivity index (χ0) is 19.7. The Morgan fingerprint density at radius 1 is 1.21 bits per heavy atom. The summed E-state index contributed by atoms with van der Waals surface area (Å²) in [6.45, 7) is 4.15. The van der Waals surface area contributed by atoms with E-state index < -0.39 is 0 Å². The van der Waals surface area contributed by atoms with Gasteiger partial charge in [-0.2, -0.15) is 0 Å². The summed E-state index contributed by atoms with van der Waals surface area (Å²) < 4.78 is 1.96. The number of nitrogens with one attached hydrogen (secondary N) is 1. The number of aryl methyl sites for hydroxylation is 3. The van der Waals surface area contributed by atoms with Gasteiger partial charge in [0.25, 0.3) is 5.91 Å². The van der Waals surface area contributed by atoms with E-state index in [1.807, 2.05) is 54.2 Å². The SMILES string of the molecule is CCc1cc(C(=O)Nc2nc(-c3ccccc3)c(-c3nccn3C)s2)sc1C.